The molecule has 2 heterocycles. The molecule has 5 rings (SSSR count). The first-order chi connectivity index (χ1) is 22.3. The van der Waals surface area contributed by atoms with Crippen molar-refractivity contribution in [3.05, 3.63) is 112 Å². The van der Waals surface area contributed by atoms with Gasteiger partial charge >= 0.3 is 5.97 Å². The SMILES string of the molecule is O=C(O)CCCCCC(=O)NCc1cccc(-c2cccc([C@H]3O[C@@H](Cn4cnc(Cl)c4Cl)C[C@@H](c4ccc(CO)cc4)O3)c2)c1. The molecule has 3 N–H and O–H groups in total. The zero-order chi connectivity index (χ0) is 32.5. The van der Waals surface area contributed by atoms with E-state index in [1.165, 1.54) is 0 Å². The number of hydrogen-bond acceptors (Lipinski definition) is 6. The summed E-state index contributed by atoms with van der Waals surface area (Å²) in [6, 6.07) is 23.7. The largest absolute Gasteiger partial charge is 0.481 e. The first-order valence-electron chi connectivity index (χ1n) is 15.3. The number of carboxylic acid groups (broad SMARTS) is 1. The number of aliphatic hydroxyl groups excluding tert-OH is 1. The molecule has 0 spiro atoms. The molecule has 0 aliphatic carbocycles. The van der Waals surface area contributed by atoms with Crippen molar-refractivity contribution >= 4 is 35.1 Å². The van der Waals surface area contributed by atoms with Gasteiger partial charge in [-0.1, -0.05) is 90.3 Å². The lowest BCUT2D eigenvalue weighted by Crippen LogP contribution is -2.32. The van der Waals surface area contributed by atoms with Crippen LogP contribution in [-0.2, 0) is 38.8 Å². The minimum absolute atomic E-state index is 0.0312. The van der Waals surface area contributed by atoms with Crippen LogP contribution in [0.2, 0.25) is 10.3 Å². The van der Waals surface area contributed by atoms with Crippen molar-refractivity contribution in [1.29, 1.82) is 0 Å². The number of aliphatic carboxylic acids is 1. The molecular formula is C35H37Cl2N3O6. The smallest absolute Gasteiger partial charge is 0.303 e. The summed E-state index contributed by atoms with van der Waals surface area (Å²) < 4.78 is 14.8. The van der Waals surface area contributed by atoms with Crippen LogP contribution >= 0.6 is 23.2 Å². The maximum absolute atomic E-state index is 12.3. The number of unbranched alkanes of at least 4 members (excludes halogenated alkanes) is 2. The average molecular weight is 667 g/mol. The molecule has 11 heteroatoms. The monoisotopic (exact) mass is 665 g/mol. The van der Waals surface area contributed by atoms with E-state index in [0.29, 0.717) is 50.3 Å². The van der Waals surface area contributed by atoms with Crippen LogP contribution in [0.15, 0.2) is 79.1 Å². The van der Waals surface area contributed by atoms with Crippen LogP contribution in [0.5, 0.6) is 0 Å². The number of nitrogens with zero attached hydrogens (tertiary/aromatic N) is 2. The van der Waals surface area contributed by atoms with Gasteiger partial charge < -0.3 is 29.6 Å². The lowest BCUT2D eigenvalue weighted by molar-refractivity contribution is -0.252. The third kappa shape index (κ3) is 9.18. The number of halogens is 2. The number of benzene rings is 3. The highest BCUT2D eigenvalue weighted by atomic mass is 35.5. The number of imidazole rings is 1. The topological polar surface area (TPSA) is 123 Å². The Bertz CT molecular complexity index is 1630. The number of ether oxygens (including phenoxy) is 2. The van der Waals surface area contributed by atoms with Crippen molar-refractivity contribution < 1.29 is 29.3 Å². The van der Waals surface area contributed by atoms with Gasteiger partial charge in [0.05, 0.1) is 31.7 Å². The molecular weight excluding hydrogens is 629 g/mol. The van der Waals surface area contributed by atoms with E-state index >= 15 is 0 Å². The molecule has 242 valence electrons. The molecule has 1 amide bonds. The maximum Gasteiger partial charge on any atom is 0.303 e. The summed E-state index contributed by atoms with van der Waals surface area (Å²) in [4.78, 5) is 27.1. The number of hydrogen-bond donors (Lipinski definition) is 3. The Labute approximate surface area is 278 Å². The normalized spacial score (nSPS) is 17.9. The second-order valence-electron chi connectivity index (χ2n) is 11.4. The van der Waals surface area contributed by atoms with Crippen LogP contribution in [0.25, 0.3) is 11.1 Å². The highest BCUT2D eigenvalue weighted by Gasteiger charge is 2.33. The number of aromatic nitrogens is 2. The number of amides is 1. The fraction of sp³-hybridized carbons (Fsp3) is 0.343. The van der Waals surface area contributed by atoms with Gasteiger partial charge in [-0.15, -0.1) is 0 Å². The predicted octanol–water partition coefficient (Wildman–Crippen LogP) is 7.25. The summed E-state index contributed by atoms with van der Waals surface area (Å²) in [6.45, 7) is 0.811. The van der Waals surface area contributed by atoms with Gasteiger partial charge in [-0.3, -0.25) is 9.59 Å². The van der Waals surface area contributed by atoms with Crippen LogP contribution in [0.3, 0.4) is 0 Å². The van der Waals surface area contributed by atoms with Crippen molar-refractivity contribution in [2.24, 2.45) is 0 Å². The summed E-state index contributed by atoms with van der Waals surface area (Å²) in [7, 11) is 0. The molecule has 4 aromatic rings. The zero-order valence-electron chi connectivity index (χ0n) is 25.3. The standard InChI is InChI=1S/C35H37Cl2N3O6/c36-33-34(37)40(22-39-33)20-29-18-30(25-14-12-23(21-41)13-15-25)46-35(45-29)28-9-5-8-27(17-28)26-7-4-6-24(16-26)19-38-31(42)10-2-1-3-11-32(43)44/h4-9,12-17,22,29-30,35,41H,1-3,10-11,18-21H2,(H,38,42)(H,43,44)/t29-,30+,35+/m1/s1. The van der Waals surface area contributed by atoms with E-state index in [2.05, 4.69) is 16.4 Å². The van der Waals surface area contributed by atoms with Crippen molar-refractivity contribution in [3.8, 4) is 11.1 Å². The van der Waals surface area contributed by atoms with Gasteiger partial charge in [0.1, 0.15) is 5.15 Å². The van der Waals surface area contributed by atoms with Gasteiger partial charge in [0.15, 0.2) is 11.4 Å². The van der Waals surface area contributed by atoms with Crippen LogP contribution in [-0.4, -0.2) is 37.7 Å². The number of carbonyl (C=O) groups excluding carboxylic acids is 1. The van der Waals surface area contributed by atoms with E-state index in [-0.39, 0.29) is 36.3 Å². The first kappa shape index (κ1) is 33.6. The van der Waals surface area contributed by atoms with E-state index in [9.17, 15) is 14.7 Å². The molecule has 1 aromatic heterocycles. The van der Waals surface area contributed by atoms with Gasteiger partial charge in [0, 0.05) is 31.4 Å². The van der Waals surface area contributed by atoms with E-state index < -0.39 is 12.3 Å². The zero-order valence-corrected chi connectivity index (χ0v) is 26.8. The highest BCUT2D eigenvalue weighted by Crippen LogP contribution is 2.39. The van der Waals surface area contributed by atoms with Crippen molar-refractivity contribution in [2.75, 3.05) is 0 Å². The molecule has 3 atom stereocenters. The Morgan fingerprint density at radius 2 is 1.63 bits per heavy atom. The van der Waals surface area contributed by atoms with E-state index in [1.54, 1.807) is 10.9 Å². The predicted molar refractivity (Wildman–Crippen MR) is 175 cm³/mol. The maximum atomic E-state index is 12.3. The summed E-state index contributed by atoms with van der Waals surface area (Å²) >= 11 is 12.5. The summed E-state index contributed by atoms with van der Waals surface area (Å²) in [5, 5.41) is 21.8. The molecule has 1 aliphatic heterocycles. The minimum Gasteiger partial charge on any atom is -0.481 e. The van der Waals surface area contributed by atoms with Crippen molar-refractivity contribution in [1.82, 2.24) is 14.9 Å². The van der Waals surface area contributed by atoms with Gasteiger partial charge in [-0.05, 0) is 52.8 Å². The molecule has 3 aromatic carbocycles. The first-order valence-corrected chi connectivity index (χ1v) is 16.1. The summed E-state index contributed by atoms with van der Waals surface area (Å²) in [5.41, 5.74) is 5.60. The highest BCUT2D eigenvalue weighted by molar-refractivity contribution is 6.40. The molecule has 46 heavy (non-hydrogen) atoms. The summed E-state index contributed by atoms with van der Waals surface area (Å²) in [6.07, 6.45) is 3.46. The van der Waals surface area contributed by atoms with Crippen LogP contribution in [0.1, 0.15) is 73.2 Å². The summed E-state index contributed by atoms with van der Waals surface area (Å²) in [5.74, 6) is -0.863. The Hall–Kier alpha value is -3.73. The fourth-order valence-corrected chi connectivity index (χ4v) is 5.79. The van der Waals surface area contributed by atoms with Crippen LogP contribution in [0, 0.1) is 0 Å². The Morgan fingerprint density at radius 3 is 2.35 bits per heavy atom. The minimum atomic E-state index is -0.811. The fourth-order valence-electron chi connectivity index (χ4n) is 5.48. The van der Waals surface area contributed by atoms with E-state index in [1.807, 2.05) is 66.7 Å². The molecule has 0 radical (unpaired) electrons. The van der Waals surface area contributed by atoms with Gasteiger partial charge in [-0.25, -0.2) is 4.98 Å². The quantitative estimate of drug-likeness (QED) is 0.121. The van der Waals surface area contributed by atoms with E-state index in [4.69, 9.17) is 37.8 Å². The second kappa shape index (κ2) is 16.2. The molecule has 1 fully saturated rings. The molecule has 0 unspecified atom stereocenters. The lowest BCUT2D eigenvalue weighted by Gasteiger charge is -2.36. The number of carbonyl (C=O) groups is 2. The van der Waals surface area contributed by atoms with Crippen molar-refractivity contribution in [3.63, 3.8) is 0 Å². The van der Waals surface area contributed by atoms with Crippen molar-refractivity contribution in [2.45, 2.75) is 76.7 Å². The average Bonchev–Trinajstić information content (AvgIpc) is 3.39. The van der Waals surface area contributed by atoms with Gasteiger partial charge in [0.2, 0.25) is 5.91 Å². The second-order valence-corrected chi connectivity index (χ2v) is 12.1. The molecule has 0 saturated carbocycles. The van der Waals surface area contributed by atoms with Crippen LogP contribution < -0.4 is 5.32 Å². The number of aliphatic hydroxyl groups is 1. The number of carboxylic acids is 1. The number of nitrogens with one attached hydrogen (secondary N) is 1. The molecule has 1 aliphatic rings. The van der Waals surface area contributed by atoms with Crippen LogP contribution in [0.4, 0.5) is 0 Å². The third-order valence-corrected chi connectivity index (χ3v) is 8.72. The molecule has 9 nitrogen and oxygen atoms in total. The third-order valence-electron chi connectivity index (χ3n) is 7.95. The Morgan fingerprint density at radius 1 is 0.891 bits per heavy atom. The molecule has 1 saturated heterocycles. The molecule has 0 bridgehead atoms. The van der Waals surface area contributed by atoms with E-state index in [0.717, 1.165) is 33.4 Å². The lowest BCUT2D eigenvalue weighted by atomic mass is 9.98. The van der Waals surface area contributed by atoms with Gasteiger partial charge in [-0.2, -0.15) is 0 Å². The Balaban J connectivity index is 1.28. The Kier molecular flexibility index (Phi) is 11.8. The van der Waals surface area contributed by atoms with Gasteiger partial charge in [0.25, 0.3) is 0 Å². The number of rotatable bonds is 14.